The molecule has 2 aliphatic heterocycles. The predicted octanol–water partition coefficient (Wildman–Crippen LogP) is 4.59. The minimum atomic E-state index is -0.304. The van der Waals surface area contributed by atoms with Crippen molar-refractivity contribution in [2.75, 3.05) is 13.1 Å². The quantitative estimate of drug-likeness (QED) is 0.523. The average molecular weight is 445 g/mol. The monoisotopic (exact) mass is 444 g/mol. The Morgan fingerprint density at radius 1 is 0.970 bits per heavy atom. The van der Waals surface area contributed by atoms with Gasteiger partial charge in [0.15, 0.2) is 0 Å². The molecule has 3 aromatic rings. The largest absolute Gasteiger partial charge is 0.339 e. The number of rotatable bonds is 6. The minimum absolute atomic E-state index is 0.0216. The van der Waals surface area contributed by atoms with Gasteiger partial charge in [0.25, 0.3) is 11.8 Å². The molecule has 5 nitrogen and oxygen atoms in total. The summed E-state index contributed by atoms with van der Waals surface area (Å²) < 4.78 is 13.5. The molecule has 1 unspecified atom stereocenters. The van der Waals surface area contributed by atoms with Crippen molar-refractivity contribution < 1.29 is 18.8 Å². The molecule has 33 heavy (non-hydrogen) atoms. The van der Waals surface area contributed by atoms with Gasteiger partial charge in [-0.15, -0.1) is 0 Å². The first-order valence-electron chi connectivity index (χ1n) is 11.4. The first-order chi connectivity index (χ1) is 16.0. The molecule has 2 heterocycles. The second-order valence-electron chi connectivity index (χ2n) is 8.79. The highest BCUT2D eigenvalue weighted by atomic mass is 19.1. The summed E-state index contributed by atoms with van der Waals surface area (Å²) in [5.41, 5.74) is 1.95. The third kappa shape index (κ3) is 4.01. The molecule has 168 valence electrons. The summed E-state index contributed by atoms with van der Waals surface area (Å²) in [5.74, 6) is -0.853. The zero-order chi connectivity index (χ0) is 22.9. The van der Waals surface area contributed by atoms with E-state index in [0.29, 0.717) is 35.9 Å². The van der Waals surface area contributed by atoms with Crippen molar-refractivity contribution in [3.63, 3.8) is 0 Å². The smallest absolute Gasteiger partial charge is 0.261 e. The van der Waals surface area contributed by atoms with Crippen LogP contribution in [0.25, 0.3) is 10.8 Å². The van der Waals surface area contributed by atoms with E-state index in [1.165, 1.54) is 17.0 Å². The lowest BCUT2D eigenvalue weighted by Crippen LogP contribution is -2.41. The van der Waals surface area contributed by atoms with E-state index < -0.39 is 0 Å². The van der Waals surface area contributed by atoms with Crippen LogP contribution in [0.15, 0.2) is 60.7 Å². The summed E-state index contributed by atoms with van der Waals surface area (Å²) >= 11 is 0. The Labute approximate surface area is 191 Å². The van der Waals surface area contributed by atoms with E-state index in [2.05, 4.69) is 0 Å². The van der Waals surface area contributed by atoms with Gasteiger partial charge in [-0.05, 0) is 60.9 Å². The lowest BCUT2D eigenvalue weighted by molar-refractivity contribution is -0.132. The number of benzene rings is 3. The highest BCUT2D eigenvalue weighted by Gasteiger charge is 2.33. The van der Waals surface area contributed by atoms with Crippen LogP contribution in [-0.4, -0.2) is 46.7 Å². The SMILES string of the molecule is O=C1c2cccc3cccc(c23)C(=O)N1CCCC(=O)N1CCCC1Cc1cccc(F)c1. The van der Waals surface area contributed by atoms with Gasteiger partial charge in [-0.25, -0.2) is 4.39 Å². The summed E-state index contributed by atoms with van der Waals surface area (Å²) in [5, 5.41) is 1.58. The molecular weight excluding hydrogens is 419 g/mol. The first-order valence-corrected chi connectivity index (χ1v) is 11.4. The molecule has 5 rings (SSSR count). The van der Waals surface area contributed by atoms with Crippen LogP contribution >= 0.6 is 0 Å². The molecule has 3 amide bonds. The fourth-order valence-electron chi connectivity index (χ4n) is 5.13. The van der Waals surface area contributed by atoms with E-state index in [9.17, 15) is 18.8 Å². The summed E-state index contributed by atoms with van der Waals surface area (Å²) in [7, 11) is 0. The Hall–Kier alpha value is -3.54. The summed E-state index contributed by atoms with van der Waals surface area (Å²) in [6.07, 6.45) is 3.13. The lowest BCUT2D eigenvalue weighted by Gasteiger charge is -2.28. The van der Waals surface area contributed by atoms with Crippen molar-refractivity contribution in [2.45, 2.75) is 38.1 Å². The number of halogens is 1. The summed E-state index contributed by atoms with van der Waals surface area (Å²) in [4.78, 5) is 42.1. The molecule has 0 aliphatic carbocycles. The highest BCUT2D eigenvalue weighted by Crippen LogP contribution is 2.30. The van der Waals surface area contributed by atoms with E-state index in [1.54, 1.807) is 18.2 Å². The second kappa shape index (κ2) is 8.77. The number of imide groups is 1. The van der Waals surface area contributed by atoms with Crippen LogP contribution in [0.5, 0.6) is 0 Å². The van der Waals surface area contributed by atoms with Gasteiger partial charge in [0.1, 0.15) is 5.82 Å². The molecule has 6 heteroatoms. The van der Waals surface area contributed by atoms with Gasteiger partial charge in [0, 0.05) is 42.1 Å². The molecule has 0 bridgehead atoms. The van der Waals surface area contributed by atoms with Gasteiger partial charge in [-0.1, -0.05) is 36.4 Å². The molecule has 0 saturated carbocycles. The maximum absolute atomic E-state index is 13.5. The molecule has 0 radical (unpaired) electrons. The second-order valence-corrected chi connectivity index (χ2v) is 8.79. The van der Waals surface area contributed by atoms with Crippen LogP contribution in [0.3, 0.4) is 0 Å². The Morgan fingerprint density at radius 2 is 1.67 bits per heavy atom. The topological polar surface area (TPSA) is 57.7 Å². The van der Waals surface area contributed by atoms with Gasteiger partial charge in [-0.3, -0.25) is 19.3 Å². The summed E-state index contributed by atoms with van der Waals surface area (Å²) in [6.45, 7) is 0.895. The van der Waals surface area contributed by atoms with Crippen molar-refractivity contribution >= 4 is 28.5 Å². The Kier molecular flexibility index (Phi) is 5.67. The number of likely N-dealkylation sites (tertiary alicyclic amines) is 1. The molecule has 1 atom stereocenters. The number of carbonyl (C=O) groups excluding carboxylic acids is 3. The highest BCUT2D eigenvalue weighted by molar-refractivity contribution is 6.25. The molecule has 3 aromatic carbocycles. The van der Waals surface area contributed by atoms with Crippen LogP contribution < -0.4 is 0 Å². The van der Waals surface area contributed by atoms with Gasteiger partial charge < -0.3 is 4.90 Å². The fourth-order valence-corrected chi connectivity index (χ4v) is 5.13. The van der Waals surface area contributed by atoms with Crippen molar-refractivity contribution in [1.82, 2.24) is 9.80 Å². The van der Waals surface area contributed by atoms with Crippen LogP contribution in [0.4, 0.5) is 4.39 Å². The molecule has 1 fully saturated rings. The van der Waals surface area contributed by atoms with Crippen molar-refractivity contribution in [1.29, 1.82) is 0 Å². The fraction of sp³-hybridized carbons (Fsp3) is 0.296. The van der Waals surface area contributed by atoms with Crippen LogP contribution in [0, 0.1) is 5.82 Å². The van der Waals surface area contributed by atoms with Crippen molar-refractivity contribution in [2.24, 2.45) is 0 Å². The molecule has 0 spiro atoms. The zero-order valence-electron chi connectivity index (χ0n) is 18.3. The predicted molar refractivity (Wildman–Crippen MR) is 123 cm³/mol. The number of carbonyl (C=O) groups is 3. The number of hydrogen-bond acceptors (Lipinski definition) is 3. The maximum Gasteiger partial charge on any atom is 0.261 e. The van der Waals surface area contributed by atoms with Crippen LogP contribution in [0.2, 0.25) is 0 Å². The normalized spacial score (nSPS) is 17.8. The number of hydrogen-bond donors (Lipinski definition) is 0. The van der Waals surface area contributed by atoms with Crippen molar-refractivity contribution in [3.8, 4) is 0 Å². The third-order valence-electron chi connectivity index (χ3n) is 6.69. The van der Waals surface area contributed by atoms with E-state index in [-0.39, 0.29) is 42.5 Å². The van der Waals surface area contributed by atoms with Crippen LogP contribution in [-0.2, 0) is 11.2 Å². The van der Waals surface area contributed by atoms with Gasteiger partial charge >= 0.3 is 0 Å². The van der Waals surface area contributed by atoms with E-state index >= 15 is 0 Å². The number of nitrogens with zero attached hydrogens (tertiary/aromatic N) is 2. The Balaban J connectivity index is 1.23. The molecule has 0 aromatic heterocycles. The average Bonchev–Trinajstić information content (AvgIpc) is 3.27. The van der Waals surface area contributed by atoms with Gasteiger partial charge in [0.2, 0.25) is 5.91 Å². The summed E-state index contributed by atoms with van der Waals surface area (Å²) in [6, 6.07) is 17.5. The van der Waals surface area contributed by atoms with E-state index in [4.69, 9.17) is 0 Å². The van der Waals surface area contributed by atoms with Gasteiger partial charge in [-0.2, -0.15) is 0 Å². The molecule has 0 N–H and O–H groups in total. The van der Waals surface area contributed by atoms with E-state index in [0.717, 1.165) is 23.8 Å². The first kappa shape index (κ1) is 21.3. The molecule has 1 saturated heterocycles. The maximum atomic E-state index is 13.5. The molecule has 2 aliphatic rings. The standard InChI is InChI=1S/C27H25FN2O3/c28-20-9-1-6-18(16-20)17-21-10-4-14-29(21)24(31)13-5-15-30-26(32)22-11-2-7-19-8-3-12-23(25(19)22)27(30)33/h1-3,6-9,11-12,16,21H,4-5,10,13-15,17H2. The Bertz CT molecular complexity index is 1200. The number of amides is 3. The lowest BCUT2D eigenvalue weighted by atomic mass is 9.94. The zero-order valence-corrected chi connectivity index (χ0v) is 18.3. The van der Waals surface area contributed by atoms with Crippen LogP contribution in [0.1, 0.15) is 52.0 Å². The van der Waals surface area contributed by atoms with Gasteiger partial charge in [0.05, 0.1) is 0 Å². The third-order valence-corrected chi connectivity index (χ3v) is 6.69. The molecular formula is C27H25FN2O3. The minimum Gasteiger partial charge on any atom is -0.339 e. The van der Waals surface area contributed by atoms with Crippen molar-refractivity contribution in [3.05, 3.63) is 83.2 Å². The Morgan fingerprint density at radius 3 is 2.36 bits per heavy atom. The van der Waals surface area contributed by atoms with E-state index in [1.807, 2.05) is 35.2 Å².